The van der Waals surface area contributed by atoms with Gasteiger partial charge in [0.15, 0.2) is 0 Å². The van der Waals surface area contributed by atoms with Crippen LogP contribution in [0.2, 0.25) is 0 Å². The number of carbonyl (C=O) groups excluding carboxylic acids is 1. The van der Waals surface area contributed by atoms with Crippen LogP contribution in [-0.4, -0.2) is 16.7 Å². The van der Waals surface area contributed by atoms with Crippen molar-refractivity contribution in [3.63, 3.8) is 0 Å². The first-order valence-corrected chi connectivity index (χ1v) is 5.81. The van der Waals surface area contributed by atoms with Gasteiger partial charge in [-0.1, -0.05) is 0 Å². The molecule has 5 nitrogen and oxygen atoms in total. The Hall–Kier alpha value is -1.14. The predicted octanol–water partition coefficient (Wildman–Crippen LogP) is 1.98. The molecule has 0 saturated heterocycles. The lowest BCUT2D eigenvalue weighted by molar-refractivity contribution is 0.0497. The van der Waals surface area contributed by atoms with E-state index in [0.29, 0.717) is 6.54 Å². The van der Waals surface area contributed by atoms with Crippen LogP contribution in [0, 0.1) is 6.92 Å². The molecule has 0 unspecified atom stereocenters. The molecule has 0 atom stereocenters. The molecule has 0 aromatic carbocycles. The van der Waals surface area contributed by atoms with Crippen LogP contribution in [0.4, 0.5) is 4.79 Å². The summed E-state index contributed by atoms with van der Waals surface area (Å²) in [5.74, 6) is 0. The molecule has 1 aromatic heterocycles. The Morgan fingerprint density at radius 3 is 2.75 bits per heavy atom. The van der Waals surface area contributed by atoms with Gasteiger partial charge in [0, 0.05) is 11.1 Å². The van der Waals surface area contributed by atoms with Crippen molar-refractivity contribution >= 4 is 17.4 Å². The van der Waals surface area contributed by atoms with Crippen molar-refractivity contribution in [2.45, 2.75) is 39.8 Å². The van der Waals surface area contributed by atoms with Gasteiger partial charge in [0.1, 0.15) is 5.60 Å². The van der Waals surface area contributed by atoms with Gasteiger partial charge in [-0.15, -0.1) is 11.3 Å². The smallest absolute Gasteiger partial charge is 0.422 e. The summed E-state index contributed by atoms with van der Waals surface area (Å²) < 4.78 is 5.06. The molecule has 0 spiro atoms. The van der Waals surface area contributed by atoms with Crippen LogP contribution in [0.15, 0.2) is 6.20 Å². The number of rotatable bonds is 3. The molecule has 2 N–H and O–H groups in total. The molecule has 1 amide bonds. The van der Waals surface area contributed by atoms with Crippen molar-refractivity contribution in [3.8, 4) is 0 Å². The van der Waals surface area contributed by atoms with Crippen LogP contribution < -0.4 is 10.9 Å². The van der Waals surface area contributed by atoms with Crippen LogP contribution in [0.3, 0.4) is 0 Å². The second kappa shape index (κ2) is 5.27. The molecule has 0 radical (unpaired) electrons. The normalized spacial score (nSPS) is 11.2. The number of nitrogens with one attached hydrogen (secondary N) is 2. The van der Waals surface area contributed by atoms with Crippen molar-refractivity contribution in [2.24, 2.45) is 0 Å². The minimum atomic E-state index is -0.479. The minimum Gasteiger partial charge on any atom is -0.443 e. The summed E-state index contributed by atoms with van der Waals surface area (Å²) in [6.07, 6.45) is 1.30. The quantitative estimate of drug-likeness (QED) is 0.797. The lowest BCUT2D eigenvalue weighted by atomic mass is 10.2. The Labute approximate surface area is 99.2 Å². The first kappa shape index (κ1) is 12.9. The van der Waals surface area contributed by atoms with Crippen LogP contribution in [0.1, 0.15) is 30.7 Å². The van der Waals surface area contributed by atoms with E-state index in [9.17, 15) is 4.79 Å². The lowest BCUT2D eigenvalue weighted by Gasteiger charge is -2.19. The van der Waals surface area contributed by atoms with Gasteiger partial charge in [-0.2, -0.15) is 0 Å². The third-order valence-corrected chi connectivity index (χ3v) is 2.43. The fourth-order valence-electron chi connectivity index (χ4n) is 0.994. The van der Waals surface area contributed by atoms with E-state index in [4.69, 9.17) is 4.74 Å². The minimum absolute atomic E-state index is 0.478. The number of carbonyl (C=O) groups is 1. The van der Waals surface area contributed by atoms with Crippen LogP contribution >= 0.6 is 11.3 Å². The van der Waals surface area contributed by atoms with Crippen LogP contribution in [0.5, 0.6) is 0 Å². The standard InChI is InChI=1S/C10H17N3O2S/c1-7-11-5-8(16-7)6-12-13-9(14)15-10(2,3)4/h5,12H,6H2,1-4H3,(H,13,14). The Bertz CT molecular complexity index is 357. The molecular formula is C10H17N3O2S. The summed E-state index contributed by atoms with van der Waals surface area (Å²) in [4.78, 5) is 16.4. The van der Waals surface area contributed by atoms with Crippen molar-refractivity contribution in [1.82, 2.24) is 15.8 Å². The van der Waals surface area contributed by atoms with E-state index in [0.717, 1.165) is 9.88 Å². The number of aromatic nitrogens is 1. The first-order chi connectivity index (χ1) is 7.37. The van der Waals surface area contributed by atoms with Crippen LogP contribution in [-0.2, 0) is 11.3 Å². The fourth-order valence-corrected chi connectivity index (χ4v) is 1.73. The molecule has 1 aromatic rings. The second-order valence-corrected chi connectivity index (χ2v) is 5.65. The first-order valence-electron chi connectivity index (χ1n) is 5.00. The predicted molar refractivity (Wildman–Crippen MR) is 63.1 cm³/mol. The number of hydrogen-bond donors (Lipinski definition) is 2. The highest BCUT2D eigenvalue weighted by Gasteiger charge is 2.15. The molecule has 16 heavy (non-hydrogen) atoms. The molecule has 0 aliphatic carbocycles. The lowest BCUT2D eigenvalue weighted by Crippen LogP contribution is -2.40. The molecule has 0 fully saturated rings. The summed E-state index contributed by atoms with van der Waals surface area (Å²) in [6.45, 7) is 7.94. The van der Waals surface area contributed by atoms with Gasteiger partial charge in [-0.25, -0.2) is 15.2 Å². The highest BCUT2D eigenvalue weighted by atomic mass is 32.1. The molecular weight excluding hydrogens is 226 g/mol. The van der Waals surface area contributed by atoms with Crippen LogP contribution in [0.25, 0.3) is 0 Å². The zero-order valence-corrected chi connectivity index (χ0v) is 10.8. The number of amides is 1. The molecule has 6 heteroatoms. The van der Waals surface area contributed by atoms with E-state index in [2.05, 4.69) is 15.8 Å². The maximum absolute atomic E-state index is 11.2. The highest BCUT2D eigenvalue weighted by Crippen LogP contribution is 2.10. The second-order valence-electron chi connectivity index (χ2n) is 4.33. The Morgan fingerprint density at radius 1 is 1.56 bits per heavy atom. The van der Waals surface area contributed by atoms with Gasteiger partial charge < -0.3 is 4.74 Å². The zero-order chi connectivity index (χ0) is 12.2. The van der Waals surface area contributed by atoms with Gasteiger partial charge >= 0.3 is 6.09 Å². The van der Waals surface area contributed by atoms with Gasteiger partial charge in [-0.3, -0.25) is 5.43 Å². The summed E-state index contributed by atoms with van der Waals surface area (Å²) in [5, 5.41) is 1.01. The average Bonchev–Trinajstić information content (AvgIpc) is 2.48. The van der Waals surface area contributed by atoms with Crippen molar-refractivity contribution in [1.29, 1.82) is 0 Å². The number of nitrogens with zero attached hydrogens (tertiary/aromatic N) is 1. The van der Waals surface area contributed by atoms with E-state index in [-0.39, 0.29) is 0 Å². The van der Waals surface area contributed by atoms with Crippen molar-refractivity contribution < 1.29 is 9.53 Å². The SMILES string of the molecule is Cc1ncc(CNNC(=O)OC(C)(C)C)s1. The number of ether oxygens (including phenoxy) is 1. The molecule has 90 valence electrons. The Balaban J connectivity index is 2.23. The molecule has 0 aliphatic heterocycles. The van der Waals surface area contributed by atoms with Crippen molar-refractivity contribution in [3.05, 3.63) is 16.1 Å². The van der Waals surface area contributed by atoms with Crippen molar-refractivity contribution in [2.75, 3.05) is 0 Å². The fraction of sp³-hybridized carbons (Fsp3) is 0.600. The molecule has 0 saturated carbocycles. The van der Waals surface area contributed by atoms with Gasteiger partial charge in [0.2, 0.25) is 0 Å². The maximum atomic E-state index is 11.2. The van der Waals surface area contributed by atoms with Gasteiger partial charge in [-0.05, 0) is 27.7 Å². The Morgan fingerprint density at radius 2 is 2.25 bits per heavy atom. The summed E-state index contributed by atoms with van der Waals surface area (Å²) in [7, 11) is 0. The monoisotopic (exact) mass is 243 g/mol. The third kappa shape index (κ3) is 5.09. The van der Waals surface area contributed by atoms with E-state index in [1.54, 1.807) is 17.5 Å². The van der Waals surface area contributed by atoms with E-state index >= 15 is 0 Å². The molecule has 1 rings (SSSR count). The summed E-state index contributed by atoms with van der Waals surface area (Å²) in [6, 6.07) is 0. The molecule has 1 heterocycles. The molecule has 0 bridgehead atoms. The number of hydrazine groups is 1. The van der Waals surface area contributed by atoms with Gasteiger partial charge in [0.05, 0.1) is 11.6 Å². The zero-order valence-electron chi connectivity index (χ0n) is 9.96. The highest BCUT2D eigenvalue weighted by molar-refractivity contribution is 7.11. The topological polar surface area (TPSA) is 63.2 Å². The maximum Gasteiger partial charge on any atom is 0.422 e. The number of thiazole rings is 1. The third-order valence-electron chi connectivity index (χ3n) is 1.52. The number of hydrogen-bond acceptors (Lipinski definition) is 5. The molecule has 0 aliphatic rings. The Kier molecular flexibility index (Phi) is 4.26. The average molecular weight is 243 g/mol. The van der Waals surface area contributed by atoms with E-state index < -0.39 is 11.7 Å². The van der Waals surface area contributed by atoms with E-state index in [1.165, 1.54) is 0 Å². The number of aryl methyl sites for hydroxylation is 1. The summed E-state index contributed by atoms with van der Waals surface area (Å²) in [5.41, 5.74) is 4.77. The van der Waals surface area contributed by atoms with Gasteiger partial charge in [0.25, 0.3) is 0 Å². The largest absolute Gasteiger partial charge is 0.443 e. The van der Waals surface area contributed by atoms with E-state index in [1.807, 2.05) is 27.7 Å². The summed E-state index contributed by atoms with van der Waals surface area (Å²) >= 11 is 1.59.